The molecule has 2 fully saturated rings. The van der Waals surface area contributed by atoms with Gasteiger partial charge in [-0.2, -0.15) is 0 Å². The van der Waals surface area contributed by atoms with Crippen LogP contribution in [0.5, 0.6) is 0 Å². The Labute approximate surface area is 118 Å². The predicted molar refractivity (Wildman–Crippen MR) is 72.7 cm³/mol. The number of nitrogens with zero attached hydrogens (tertiary/aromatic N) is 1. The highest BCUT2D eigenvalue weighted by Crippen LogP contribution is 2.37. The smallest absolute Gasteiger partial charge is 0.246 e. The molecule has 2 aliphatic heterocycles. The third kappa shape index (κ3) is 2.64. The van der Waals surface area contributed by atoms with E-state index >= 15 is 0 Å². The van der Waals surface area contributed by atoms with Crippen molar-refractivity contribution in [3.05, 3.63) is 30.2 Å². The molecule has 5 heteroatoms. The SMILES string of the molecule is CC1(C)OCC2(CO1)CN(C(=O)/C=C/c1ccco1)C2. The minimum Gasteiger partial charge on any atom is -0.465 e. The first-order chi connectivity index (χ1) is 9.48. The van der Waals surface area contributed by atoms with Crippen molar-refractivity contribution in [3.8, 4) is 0 Å². The molecule has 1 aromatic rings. The first-order valence-corrected chi connectivity index (χ1v) is 6.77. The van der Waals surface area contributed by atoms with Crippen LogP contribution in [0.15, 0.2) is 28.9 Å². The van der Waals surface area contributed by atoms with Crippen LogP contribution in [0.4, 0.5) is 0 Å². The van der Waals surface area contributed by atoms with Gasteiger partial charge < -0.3 is 18.8 Å². The summed E-state index contributed by atoms with van der Waals surface area (Å²) in [4.78, 5) is 13.8. The Morgan fingerprint density at radius 1 is 1.30 bits per heavy atom. The summed E-state index contributed by atoms with van der Waals surface area (Å²) < 4.78 is 16.5. The largest absolute Gasteiger partial charge is 0.465 e. The maximum atomic E-state index is 12.0. The van der Waals surface area contributed by atoms with Crippen molar-refractivity contribution in [2.75, 3.05) is 26.3 Å². The molecule has 1 spiro atoms. The molecule has 0 unspecified atom stereocenters. The summed E-state index contributed by atoms with van der Waals surface area (Å²) in [7, 11) is 0. The predicted octanol–water partition coefficient (Wildman–Crippen LogP) is 1.90. The molecule has 2 saturated heterocycles. The molecule has 3 rings (SSSR count). The van der Waals surface area contributed by atoms with Crippen molar-refractivity contribution in [1.82, 2.24) is 4.90 Å². The summed E-state index contributed by atoms with van der Waals surface area (Å²) >= 11 is 0. The number of hydrogen-bond acceptors (Lipinski definition) is 4. The number of carbonyl (C=O) groups excluding carboxylic acids is 1. The molecule has 0 saturated carbocycles. The second kappa shape index (κ2) is 4.75. The average Bonchev–Trinajstić information content (AvgIpc) is 2.87. The lowest BCUT2D eigenvalue weighted by Gasteiger charge is -2.53. The van der Waals surface area contributed by atoms with Gasteiger partial charge in [-0.1, -0.05) is 0 Å². The summed E-state index contributed by atoms with van der Waals surface area (Å²) in [6.45, 7) is 6.48. The number of ether oxygens (including phenoxy) is 2. The fourth-order valence-corrected chi connectivity index (χ4v) is 2.48. The van der Waals surface area contributed by atoms with Crippen molar-refractivity contribution in [2.45, 2.75) is 19.6 Å². The molecule has 1 amide bonds. The van der Waals surface area contributed by atoms with Crippen molar-refractivity contribution < 1.29 is 18.7 Å². The number of amides is 1. The highest BCUT2D eigenvalue weighted by Gasteiger charge is 2.49. The van der Waals surface area contributed by atoms with Crippen LogP contribution in [0.1, 0.15) is 19.6 Å². The van der Waals surface area contributed by atoms with Crippen molar-refractivity contribution in [2.24, 2.45) is 5.41 Å². The van der Waals surface area contributed by atoms with E-state index in [4.69, 9.17) is 13.9 Å². The van der Waals surface area contributed by atoms with Crippen LogP contribution in [-0.4, -0.2) is 42.9 Å². The van der Waals surface area contributed by atoms with Crippen LogP contribution >= 0.6 is 0 Å². The number of carbonyl (C=O) groups is 1. The minimum atomic E-state index is -0.505. The molecule has 20 heavy (non-hydrogen) atoms. The molecular formula is C15H19NO4. The Hall–Kier alpha value is -1.59. The summed E-state index contributed by atoms with van der Waals surface area (Å²) in [5.74, 6) is 0.172. The van der Waals surface area contributed by atoms with E-state index in [1.54, 1.807) is 29.4 Å². The van der Waals surface area contributed by atoms with Crippen molar-refractivity contribution >= 4 is 12.0 Å². The lowest BCUT2D eigenvalue weighted by Crippen LogP contribution is -2.65. The summed E-state index contributed by atoms with van der Waals surface area (Å²) in [6, 6.07) is 3.60. The number of rotatable bonds is 2. The highest BCUT2D eigenvalue weighted by atomic mass is 16.7. The Kier molecular flexibility index (Phi) is 3.18. The average molecular weight is 277 g/mol. The van der Waals surface area contributed by atoms with E-state index in [-0.39, 0.29) is 11.3 Å². The van der Waals surface area contributed by atoms with E-state index in [1.807, 2.05) is 19.9 Å². The van der Waals surface area contributed by atoms with Crippen LogP contribution < -0.4 is 0 Å². The lowest BCUT2D eigenvalue weighted by molar-refractivity contribution is -0.302. The summed E-state index contributed by atoms with van der Waals surface area (Å²) in [5.41, 5.74) is -0.0241. The van der Waals surface area contributed by atoms with Gasteiger partial charge in [0.1, 0.15) is 5.76 Å². The van der Waals surface area contributed by atoms with E-state index in [0.29, 0.717) is 32.1 Å². The quantitative estimate of drug-likeness (QED) is 0.775. The minimum absolute atomic E-state index is 0.00291. The molecule has 2 aliphatic rings. The summed E-state index contributed by atoms with van der Waals surface area (Å²) in [5, 5.41) is 0. The molecule has 3 heterocycles. The topological polar surface area (TPSA) is 51.9 Å². The molecule has 0 aliphatic carbocycles. The zero-order valence-corrected chi connectivity index (χ0v) is 11.8. The zero-order valence-electron chi connectivity index (χ0n) is 11.8. The number of hydrogen-bond donors (Lipinski definition) is 0. The second-order valence-electron chi connectivity index (χ2n) is 6.02. The fourth-order valence-electron chi connectivity index (χ4n) is 2.48. The molecule has 0 aromatic carbocycles. The molecular weight excluding hydrogens is 258 g/mol. The van der Waals surface area contributed by atoms with Gasteiger partial charge in [-0.3, -0.25) is 4.79 Å². The molecule has 0 atom stereocenters. The van der Waals surface area contributed by atoms with Gasteiger partial charge in [0, 0.05) is 19.2 Å². The maximum absolute atomic E-state index is 12.0. The van der Waals surface area contributed by atoms with Gasteiger partial charge in [-0.25, -0.2) is 0 Å². The Morgan fingerprint density at radius 2 is 2.00 bits per heavy atom. The molecule has 0 N–H and O–H groups in total. The number of furan rings is 1. The van der Waals surface area contributed by atoms with E-state index in [1.165, 1.54) is 0 Å². The van der Waals surface area contributed by atoms with Gasteiger partial charge in [0.2, 0.25) is 5.91 Å². The monoisotopic (exact) mass is 277 g/mol. The first kappa shape index (κ1) is 13.4. The fraction of sp³-hybridized carbons (Fsp3) is 0.533. The van der Waals surface area contributed by atoms with Crippen LogP contribution in [0.3, 0.4) is 0 Å². The number of likely N-dealkylation sites (tertiary alicyclic amines) is 1. The van der Waals surface area contributed by atoms with E-state index in [9.17, 15) is 4.79 Å². The van der Waals surface area contributed by atoms with E-state index < -0.39 is 5.79 Å². The molecule has 108 valence electrons. The first-order valence-electron chi connectivity index (χ1n) is 6.77. The van der Waals surface area contributed by atoms with Gasteiger partial charge in [-0.15, -0.1) is 0 Å². The van der Waals surface area contributed by atoms with Crippen LogP contribution in [-0.2, 0) is 14.3 Å². The zero-order chi connectivity index (χ0) is 14.2. The lowest BCUT2D eigenvalue weighted by atomic mass is 9.80. The van der Waals surface area contributed by atoms with Crippen molar-refractivity contribution in [3.63, 3.8) is 0 Å². The normalized spacial score (nSPS) is 24.0. The maximum Gasteiger partial charge on any atom is 0.246 e. The van der Waals surface area contributed by atoms with Gasteiger partial charge in [0.15, 0.2) is 5.79 Å². The summed E-state index contributed by atoms with van der Waals surface area (Å²) in [6.07, 6.45) is 4.81. The Morgan fingerprint density at radius 3 is 2.60 bits per heavy atom. The van der Waals surface area contributed by atoms with Gasteiger partial charge in [-0.05, 0) is 32.1 Å². The van der Waals surface area contributed by atoms with Gasteiger partial charge in [0.05, 0.1) is 24.9 Å². The Balaban J connectivity index is 1.52. The van der Waals surface area contributed by atoms with E-state index in [0.717, 1.165) is 0 Å². The molecule has 5 nitrogen and oxygen atoms in total. The third-order valence-electron chi connectivity index (χ3n) is 3.75. The highest BCUT2D eigenvalue weighted by molar-refractivity contribution is 5.92. The van der Waals surface area contributed by atoms with Crippen LogP contribution in [0.25, 0.3) is 6.08 Å². The van der Waals surface area contributed by atoms with Crippen LogP contribution in [0, 0.1) is 5.41 Å². The third-order valence-corrected chi connectivity index (χ3v) is 3.75. The molecule has 0 radical (unpaired) electrons. The molecule has 1 aromatic heterocycles. The van der Waals surface area contributed by atoms with Gasteiger partial charge >= 0.3 is 0 Å². The Bertz CT molecular complexity index is 500. The standard InChI is InChI=1S/C15H19NO4/c1-14(2)19-10-15(11-20-14)8-16(9-15)13(17)6-5-12-4-3-7-18-12/h3-7H,8-11H2,1-2H3/b6-5+. The van der Waals surface area contributed by atoms with Gasteiger partial charge in [0.25, 0.3) is 0 Å². The van der Waals surface area contributed by atoms with E-state index in [2.05, 4.69) is 0 Å². The van der Waals surface area contributed by atoms with Crippen LogP contribution in [0.2, 0.25) is 0 Å². The second-order valence-corrected chi connectivity index (χ2v) is 6.02. The van der Waals surface area contributed by atoms with Crippen molar-refractivity contribution in [1.29, 1.82) is 0 Å². The molecule has 0 bridgehead atoms.